The molecule has 0 aromatic heterocycles. The third-order valence-corrected chi connectivity index (χ3v) is 3.70. The summed E-state index contributed by atoms with van der Waals surface area (Å²) in [4.78, 5) is 14.3. The summed E-state index contributed by atoms with van der Waals surface area (Å²) in [6.07, 6.45) is 4.58. The van der Waals surface area contributed by atoms with E-state index in [1.165, 1.54) is 0 Å². The van der Waals surface area contributed by atoms with Crippen LogP contribution in [0.15, 0.2) is 27.7 Å². The van der Waals surface area contributed by atoms with Crippen LogP contribution in [0.1, 0.15) is 24.8 Å². The smallest absolute Gasteiger partial charge is 0.235 e. The molecule has 2 N–H and O–H groups in total. The summed E-state index contributed by atoms with van der Waals surface area (Å²) in [7, 11) is 0. The number of benzene rings is 1. The Bertz CT molecular complexity index is 434. The number of hydrogen-bond acceptors (Lipinski definition) is 3. The van der Waals surface area contributed by atoms with E-state index < -0.39 is 0 Å². The normalized spacial score (nSPS) is 17.7. The summed E-state index contributed by atoms with van der Waals surface area (Å²) >= 11 is 3.34. The molecule has 1 aromatic carbocycles. The van der Waals surface area contributed by atoms with Gasteiger partial charge in [0.2, 0.25) is 6.08 Å². The monoisotopic (exact) mass is 266 g/mol. The number of aliphatic imine (C=N–C) groups is 1. The summed E-state index contributed by atoms with van der Waals surface area (Å²) in [5.41, 5.74) is 7.15. The van der Waals surface area contributed by atoms with Gasteiger partial charge in [-0.05, 0) is 52.9 Å². The van der Waals surface area contributed by atoms with E-state index in [2.05, 4.69) is 20.9 Å². The van der Waals surface area contributed by atoms with Gasteiger partial charge in [0.15, 0.2) is 0 Å². The summed E-state index contributed by atoms with van der Waals surface area (Å²) in [6, 6.07) is 5.73. The lowest BCUT2D eigenvalue weighted by atomic mass is 9.72. The first-order valence-corrected chi connectivity index (χ1v) is 5.62. The highest BCUT2D eigenvalue weighted by Crippen LogP contribution is 2.45. The molecule has 0 radical (unpaired) electrons. The number of nitrogens with zero attached hydrogens (tertiary/aromatic N) is 1. The van der Waals surface area contributed by atoms with Crippen molar-refractivity contribution in [3.63, 3.8) is 0 Å². The Hall–Kier alpha value is -1.12. The first-order chi connectivity index (χ1) is 7.18. The van der Waals surface area contributed by atoms with E-state index in [1.807, 2.05) is 18.2 Å². The Kier molecular flexibility index (Phi) is 2.63. The van der Waals surface area contributed by atoms with Crippen LogP contribution in [-0.4, -0.2) is 6.08 Å². The van der Waals surface area contributed by atoms with Crippen LogP contribution in [-0.2, 0) is 10.3 Å². The molecule has 1 aromatic rings. The molecule has 1 saturated carbocycles. The molecule has 3 nitrogen and oxygen atoms in total. The molecule has 78 valence electrons. The molecule has 4 heteroatoms. The van der Waals surface area contributed by atoms with Crippen molar-refractivity contribution >= 4 is 27.7 Å². The van der Waals surface area contributed by atoms with Gasteiger partial charge in [0.05, 0.1) is 5.54 Å². The quantitative estimate of drug-likeness (QED) is 0.509. The molecule has 2 rings (SSSR count). The second-order valence-electron chi connectivity index (χ2n) is 3.82. The van der Waals surface area contributed by atoms with Crippen LogP contribution < -0.4 is 5.73 Å². The van der Waals surface area contributed by atoms with Crippen LogP contribution in [0.3, 0.4) is 0 Å². The Labute approximate surface area is 96.5 Å². The van der Waals surface area contributed by atoms with Gasteiger partial charge in [0.1, 0.15) is 0 Å². The van der Waals surface area contributed by atoms with Crippen LogP contribution in [0, 0.1) is 0 Å². The van der Waals surface area contributed by atoms with Gasteiger partial charge in [-0.3, -0.25) is 0 Å². The molecule has 0 bridgehead atoms. The van der Waals surface area contributed by atoms with Crippen molar-refractivity contribution in [2.75, 3.05) is 5.73 Å². The van der Waals surface area contributed by atoms with Gasteiger partial charge in [-0.1, -0.05) is 6.07 Å². The molecule has 0 unspecified atom stereocenters. The zero-order valence-corrected chi connectivity index (χ0v) is 9.75. The van der Waals surface area contributed by atoms with Crippen LogP contribution in [0.4, 0.5) is 5.69 Å². The van der Waals surface area contributed by atoms with E-state index in [0.29, 0.717) is 5.69 Å². The first-order valence-electron chi connectivity index (χ1n) is 4.82. The Morgan fingerprint density at radius 1 is 1.47 bits per heavy atom. The van der Waals surface area contributed by atoms with Gasteiger partial charge in [-0.25, -0.2) is 4.79 Å². The lowest BCUT2D eigenvalue weighted by Crippen LogP contribution is -2.31. The van der Waals surface area contributed by atoms with Crippen molar-refractivity contribution in [1.29, 1.82) is 0 Å². The summed E-state index contributed by atoms with van der Waals surface area (Å²) in [5.74, 6) is 0. The van der Waals surface area contributed by atoms with E-state index in [-0.39, 0.29) is 5.54 Å². The highest BCUT2D eigenvalue weighted by molar-refractivity contribution is 9.10. The zero-order valence-electron chi connectivity index (χ0n) is 8.16. The minimum absolute atomic E-state index is 0.351. The summed E-state index contributed by atoms with van der Waals surface area (Å²) in [5, 5.41) is 0. The maximum atomic E-state index is 10.4. The van der Waals surface area contributed by atoms with Gasteiger partial charge in [-0.15, -0.1) is 0 Å². The lowest BCUT2D eigenvalue weighted by molar-refractivity contribution is 0.256. The predicted molar refractivity (Wildman–Crippen MR) is 62.2 cm³/mol. The van der Waals surface area contributed by atoms with Crippen molar-refractivity contribution in [3.05, 3.63) is 28.2 Å². The van der Waals surface area contributed by atoms with Crippen molar-refractivity contribution < 1.29 is 4.79 Å². The van der Waals surface area contributed by atoms with E-state index in [4.69, 9.17) is 5.73 Å². The number of nitrogens with two attached hydrogens (primary N) is 1. The lowest BCUT2D eigenvalue weighted by Gasteiger charge is -2.37. The fraction of sp³-hybridized carbons (Fsp3) is 0.364. The predicted octanol–water partition coefficient (Wildman–Crippen LogP) is 2.75. The van der Waals surface area contributed by atoms with Crippen LogP contribution in [0.5, 0.6) is 0 Å². The second kappa shape index (κ2) is 3.80. The van der Waals surface area contributed by atoms with Crippen LogP contribution in [0.25, 0.3) is 0 Å². The largest absolute Gasteiger partial charge is 0.398 e. The first kappa shape index (κ1) is 10.4. The van der Waals surface area contributed by atoms with Crippen molar-refractivity contribution in [1.82, 2.24) is 0 Å². The molecule has 0 spiro atoms. The molecule has 1 fully saturated rings. The number of anilines is 1. The maximum absolute atomic E-state index is 10.4. The van der Waals surface area contributed by atoms with Crippen molar-refractivity contribution in [2.24, 2.45) is 4.99 Å². The molecule has 0 amide bonds. The Balaban J connectivity index is 2.43. The third-order valence-electron chi connectivity index (χ3n) is 2.97. The molecule has 0 saturated heterocycles. The Morgan fingerprint density at radius 2 is 2.20 bits per heavy atom. The zero-order chi connectivity index (χ0) is 10.9. The average molecular weight is 267 g/mol. The second-order valence-corrected chi connectivity index (χ2v) is 4.68. The van der Waals surface area contributed by atoms with Gasteiger partial charge in [0, 0.05) is 10.2 Å². The van der Waals surface area contributed by atoms with Gasteiger partial charge in [0.25, 0.3) is 0 Å². The average Bonchev–Trinajstić information content (AvgIpc) is 2.16. The van der Waals surface area contributed by atoms with Crippen LogP contribution in [0.2, 0.25) is 0 Å². The molecule has 1 aliphatic rings. The SMILES string of the molecule is Nc1cc(C2(N=C=O)CCC2)ccc1Br. The molecule has 15 heavy (non-hydrogen) atoms. The summed E-state index contributed by atoms with van der Waals surface area (Å²) < 4.78 is 0.871. The maximum Gasteiger partial charge on any atom is 0.235 e. The topological polar surface area (TPSA) is 55.4 Å². The van der Waals surface area contributed by atoms with Crippen molar-refractivity contribution in [2.45, 2.75) is 24.8 Å². The highest BCUT2D eigenvalue weighted by Gasteiger charge is 2.38. The van der Waals surface area contributed by atoms with Crippen molar-refractivity contribution in [3.8, 4) is 0 Å². The number of rotatable bonds is 2. The fourth-order valence-corrected chi connectivity index (χ4v) is 2.14. The molecular weight excluding hydrogens is 256 g/mol. The summed E-state index contributed by atoms with van der Waals surface area (Å²) in [6.45, 7) is 0. The standard InChI is InChI=1S/C11H11BrN2O/c12-9-3-2-8(6-10(9)13)11(14-7-15)4-1-5-11/h2-3,6H,1,4-5,13H2. The number of hydrogen-bond donors (Lipinski definition) is 1. The van der Waals surface area contributed by atoms with E-state index >= 15 is 0 Å². The minimum Gasteiger partial charge on any atom is -0.398 e. The number of halogens is 1. The van der Waals surface area contributed by atoms with E-state index in [0.717, 1.165) is 29.3 Å². The van der Waals surface area contributed by atoms with Gasteiger partial charge < -0.3 is 5.73 Å². The number of isocyanates is 1. The van der Waals surface area contributed by atoms with Gasteiger partial charge in [-0.2, -0.15) is 4.99 Å². The molecule has 0 atom stereocenters. The van der Waals surface area contributed by atoms with Crippen LogP contribution >= 0.6 is 15.9 Å². The number of nitrogen functional groups attached to an aromatic ring is 1. The van der Waals surface area contributed by atoms with E-state index in [1.54, 1.807) is 6.08 Å². The number of carbonyl (C=O) groups excluding carboxylic acids is 1. The molecular formula is C11H11BrN2O. The minimum atomic E-state index is -0.351. The van der Waals surface area contributed by atoms with E-state index in [9.17, 15) is 4.79 Å². The third kappa shape index (κ3) is 1.71. The molecule has 0 aliphatic heterocycles. The fourth-order valence-electron chi connectivity index (χ4n) is 1.90. The molecule has 1 aliphatic carbocycles. The highest BCUT2D eigenvalue weighted by atomic mass is 79.9. The van der Waals surface area contributed by atoms with Gasteiger partial charge >= 0.3 is 0 Å². The Morgan fingerprint density at radius 3 is 2.67 bits per heavy atom. The molecule has 0 heterocycles.